The lowest BCUT2D eigenvalue weighted by atomic mass is 10.1. The highest BCUT2D eigenvalue weighted by Gasteiger charge is 2.29. The van der Waals surface area contributed by atoms with Gasteiger partial charge >= 0.3 is 12.1 Å². The Morgan fingerprint density at radius 3 is 2.31 bits per heavy atom. The molecule has 3 rings (SSSR count). The van der Waals surface area contributed by atoms with Crippen LogP contribution in [0.15, 0.2) is 72.8 Å². The zero-order valence-corrected chi connectivity index (χ0v) is 17.4. The molecule has 0 aliphatic rings. The van der Waals surface area contributed by atoms with E-state index >= 15 is 0 Å². The first kappa shape index (κ1) is 23.2. The van der Waals surface area contributed by atoms with Crippen molar-refractivity contribution in [3.8, 4) is 17.2 Å². The molecular weight excluding hydrogens is 445 g/mol. The van der Waals surface area contributed by atoms with Gasteiger partial charge in [0.1, 0.15) is 12.4 Å². The molecule has 0 heterocycles. The van der Waals surface area contributed by atoms with E-state index in [0.717, 1.165) is 12.1 Å². The van der Waals surface area contributed by atoms with Gasteiger partial charge in [0.15, 0.2) is 11.5 Å². The number of alkyl halides is 3. The highest BCUT2D eigenvalue weighted by molar-refractivity contribution is 6.32. The number of carboxylic acids is 1. The second-order valence-electron chi connectivity index (χ2n) is 6.72. The van der Waals surface area contributed by atoms with E-state index in [-0.39, 0.29) is 13.0 Å². The van der Waals surface area contributed by atoms with E-state index < -0.39 is 17.7 Å². The normalized spacial score (nSPS) is 11.5. The van der Waals surface area contributed by atoms with Crippen LogP contribution in [0.2, 0.25) is 5.02 Å². The van der Waals surface area contributed by atoms with Gasteiger partial charge in [-0.05, 0) is 53.6 Å². The number of aliphatic carboxylic acids is 1. The van der Waals surface area contributed by atoms with Crippen LogP contribution in [0.4, 0.5) is 13.2 Å². The molecule has 0 aromatic heterocycles. The van der Waals surface area contributed by atoms with Crippen molar-refractivity contribution in [3.63, 3.8) is 0 Å². The standard InChI is InChI=1S/C24H18ClF3O4/c25-19-12-9-17(15-23(29)30)14-22(19)32-21-6-2-1-5-20(21)31-13-3-4-16-7-10-18(11-8-16)24(26,27)28/h1-12,14H,13,15H2,(H,29,30). The quantitative estimate of drug-likeness (QED) is 0.397. The minimum atomic E-state index is -4.37. The van der Waals surface area contributed by atoms with Crippen molar-refractivity contribution in [1.82, 2.24) is 0 Å². The average Bonchev–Trinajstić information content (AvgIpc) is 2.74. The van der Waals surface area contributed by atoms with Crippen LogP contribution in [0, 0.1) is 0 Å². The Labute approximate surface area is 187 Å². The number of para-hydroxylation sites is 2. The minimum absolute atomic E-state index is 0.147. The first-order chi connectivity index (χ1) is 15.2. The average molecular weight is 463 g/mol. The minimum Gasteiger partial charge on any atom is -0.486 e. The second-order valence-corrected chi connectivity index (χ2v) is 7.12. The molecule has 0 saturated heterocycles. The largest absolute Gasteiger partial charge is 0.486 e. The Hall–Kier alpha value is -3.45. The number of benzene rings is 3. The number of halogens is 4. The Morgan fingerprint density at radius 1 is 0.969 bits per heavy atom. The lowest BCUT2D eigenvalue weighted by Crippen LogP contribution is -2.04. The number of hydrogen-bond donors (Lipinski definition) is 1. The van der Waals surface area contributed by atoms with Crippen LogP contribution >= 0.6 is 11.6 Å². The molecule has 3 aromatic rings. The molecule has 0 unspecified atom stereocenters. The van der Waals surface area contributed by atoms with Gasteiger partial charge in [0.2, 0.25) is 0 Å². The van der Waals surface area contributed by atoms with E-state index in [1.54, 1.807) is 54.6 Å². The summed E-state index contributed by atoms with van der Waals surface area (Å²) >= 11 is 6.17. The van der Waals surface area contributed by atoms with Gasteiger partial charge in [-0.3, -0.25) is 4.79 Å². The molecule has 0 aliphatic carbocycles. The van der Waals surface area contributed by atoms with Crippen LogP contribution in [-0.4, -0.2) is 17.7 Å². The highest BCUT2D eigenvalue weighted by Crippen LogP contribution is 2.35. The Bertz CT molecular complexity index is 1110. The number of carbonyl (C=O) groups is 1. The van der Waals surface area contributed by atoms with Gasteiger partial charge in [-0.25, -0.2) is 0 Å². The van der Waals surface area contributed by atoms with Gasteiger partial charge in [0.05, 0.1) is 17.0 Å². The van der Waals surface area contributed by atoms with E-state index in [4.69, 9.17) is 26.2 Å². The molecule has 0 radical (unpaired) electrons. The first-order valence-corrected chi connectivity index (χ1v) is 9.84. The van der Waals surface area contributed by atoms with E-state index in [1.165, 1.54) is 12.1 Å². The van der Waals surface area contributed by atoms with E-state index in [1.807, 2.05) is 0 Å². The summed E-state index contributed by atoms with van der Waals surface area (Å²) in [6.45, 7) is 0.147. The summed E-state index contributed by atoms with van der Waals surface area (Å²) < 4.78 is 49.4. The molecule has 0 atom stereocenters. The topological polar surface area (TPSA) is 55.8 Å². The first-order valence-electron chi connectivity index (χ1n) is 9.46. The molecule has 0 spiro atoms. The third kappa shape index (κ3) is 6.52. The molecule has 0 aliphatic heterocycles. The number of carboxylic acid groups (broad SMARTS) is 1. The molecule has 4 nitrogen and oxygen atoms in total. The van der Waals surface area contributed by atoms with Crippen molar-refractivity contribution in [1.29, 1.82) is 0 Å². The molecule has 32 heavy (non-hydrogen) atoms. The summed E-state index contributed by atoms with van der Waals surface area (Å²) in [5.41, 5.74) is 0.436. The van der Waals surface area contributed by atoms with E-state index in [2.05, 4.69) is 0 Å². The van der Waals surface area contributed by atoms with E-state index in [9.17, 15) is 18.0 Å². The van der Waals surface area contributed by atoms with Crippen molar-refractivity contribution < 1.29 is 32.5 Å². The third-order valence-electron chi connectivity index (χ3n) is 4.30. The van der Waals surface area contributed by atoms with Crippen molar-refractivity contribution in [2.75, 3.05) is 6.61 Å². The molecule has 1 N–H and O–H groups in total. The predicted octanol–water partition coefficient (Wildman–Crippen LogP) is 6.87. The SMILES string of the molecule is O=C(O)Cc1ccc(Cl)c(Oc2ccccc2OCC=Cc2ccc(C(F)(F)F)cc2)c1. The summed E-state index contributed by atoms with van der Waals surface area (Å²) in [5, 5.41) is 9.28. The van der Waals surface area contributed by atoms with Crippen molar-refractivity contribution in [2.24, 2.45) is 0 Å². The van der Waals surface area contributed by atoms with Crippen molar-refractivity contribution in [3.05, 3.63) is 94.5 Å². The van der Waals surface area contributed by atoms with Gasteiger partial charge in [0, 0.05) is 0 Å². The molecule has 0 amide bonds. The smallest absolute Gasteiger partial charge is 0.416 e. The molecule has 166 valence electrons. The molecular formula is C24H18ClF3O4. The second kappa shape index (κ2) is 10.2. The third-order valence-corrected chi connectivity index (χ3v) is 4.62. The van der Waals surface area contributed by atoms with Crippen LogP contribution in [0.3, 0.4) is 0 Å². The fraction of sp³-hybridized carbons (Fsp3) is 0.125. The number of hydrogen-bond acceptors (Lipinski definition) is 3. The van der Waals surface area contributed by atoms with Gasteiger partial charge in [0.25, 0.3) is 0 Å². The van der Waals surface area contributed by atoms with Crippen LogP contribution in [0.25, 0.3) is 6.08 Å². The zero-order chi connectivity index (χ0) is 23.1. The molecule has 3 aromatic carbocycles. The van der Waals surface area contributed by atoms with Gasteiger partial charge in [-0.15, -0.1) is 0 Å². The monoisotopic (exact) mass is 462 g/mol. The Balaban J connectivity index is 1.66. The van der Waals surface area contributed by atoms with Crippen molar-refractivity contribution in [2.45, 2.75) is 12.6 Å². The number of rotatable bonds is 8. The Kier molecular flexibility index (Phi) is 7.43. The van der Waals surface area contributed by atoms with Gasteiger partial charge < -0.3 is 14.6 Å². The zero-order valence-electron chi connectivity index (χ0n) is 16.6. The maximum Gasteiger partial charge on any atom is 0.416 e. The molecule has 0 saturated carbocycles. The summed E-state index contributed by atoms with van der Waals surface area (Å²) in [6.07, 6.45) is -1.22. The molecule has 0 fully saturated rings. The highest BCUT2D eigenvalue weighted by atomic mass is 35.5. The van der Waals surface area contributed by atoms with Crippen LogP contribution in [-0.2, 0) is 17.4 Å². The maximum absolute atomic E-state index is 12.6. The van der Waals surface area contributed by atoms with Gasteiger partial charge in [-0.1, -0.05) is 48.0 Å². The summed E-state index contributed by atoms with van der Waals surface area (Å²) in [7, 11) is 0. The number of ether oxygens (including phenoxy) is 2. The predicted molar refractivity (Wildman–Crippen MR) is 115 cm³/mol. The summed E-state index contributed by atoms with van der Waals surface area (Å²) in [6, 6.07) is 16.4. The van der Waals surface area contributed by atoms with Gasteiger partial charge in [-0.2, -0.15) is 13.2 Å². The van der Waals surface area contributed by atoms with Crippen molar-refractivity contribution >= 4 is 23.6 Å². The van der Waals surface area contributed by atoms with Crippen LogP contribution in [0.5, 0.6) is 17.2 Å². The summed E-state index contributed by atoms with van der Waals surface area (Å²) in [4.78, 5) is 10.9. The fourth-order valence-electron chi connectivity index (χ4n) is 2.79. The lowest BCUT2D eigenvalue weighted by Gasteiger charge is -2.13. The maximum atomic E-state index is 12.6. The fourth-order valence-corrected chi connectivity index (χ4v) is 2.94. The van der Waals surface area contributed by atoms with Crippen LogP contribution < -0.4 is 9.47 Å². The van der Waals surface area contributed by atoms with Crippen LogP contribution in [0.1, 0.15) is 16.7 Å². The summed E-state index contributed by atoms with van der Waals surface area (Å²) in [5.74, 6) is 0.123. The Morgan fingerprint density at radius 2 is 1.66 bits per heavy atom. The molecule has 0 bridgehead atoms. The molecule has 8 heteroatoms. The van der Waals surface area contributed by atoms with E-state index in [0.29, 0.717) is 33.4 Å². The lowest BCUT2D eigenvalue weighted by molar-refractivity contribution is -0.138.